The van der Waals surface area contributed by atoms with Crippen LogP contribution in [0.5, 0.6) is 11.5 Å². The highest BCUT2D eigenvalue weighted by molar-refractivity contribution is 5.90. The zero-order chi connectivity index (χ0) is 15.1. The molecule has 0 spiro atoms. The summed E-state index contributed by atoms with van der Waals surface area (Å²) in [6.07, 6.45) is 2.62. The molecule has 0 unspecified atom stereocenters. The first kappa shape index (κ1) is 15.6. The second-order valence-electron chi connectivity index (χ2n) is 4.83. The van der Waals surface area contributed by atoms with Gasteiger partial charge in [0, 0.05) is 20.1 Å². The van der Waals surface area contributed by atoms with Crippen LogP contribution in [0.2, 0.25) is 0 Å². The van der Waals surface area contributed by atoms with Crippen LogP contribution in [-0.2, 0) is 15.9 Å². The van der Waals surface area contributed by atoms with Crippen LogP contribution in [0.3, 0.4) is 0 Å². The van der Waals surface area contributed by atoms with Gasteiger partial charge in [-0.2, -0.15) is 0 Å². The summed E-state index contributed by atoms with van der Waals surface area (Å²) in [5.41, 5.74) is 1.52. The van der Waals surface area contributed by atoms with E-state index in [2.05, 4.69) is 0 Å². The van der Waals surface area contributed by atoms with E-state index in [-0.39, 0.29) is 5.97 Å². The van der Waals surface area contributed by atoms with Crippen molar-refractivity contribution in [1.82, 2.24) is 0 Å². The molecule has 0 aromatic heterocycles. The van der Waals surface area contributed by atoms with Gasteiger partial charge in [0.25, 0.3) is 0 Å². The smallest absolute Gasteiger partial charge is 0.338 e. The number of aryl methyl sites for hydroxylation is 1. The Kier molecular flexibility index (Phi) is 5.87. The van der Waals surface area contributed by atoms with Crippen LogP contribution in [0.4, 0.5) is 0 Å². The molecule has 5 nitrogen and oxygen atoms in total. The van der Waals surface area contributed by atoms with Crippen molar-refractivity contribution in [3.63, 3.8) is 0 Å². The SMILES string of the molecule is CCOC(=O)c1cc2c(c(OCCCOC)c1)OCCC2. The summed E-state index contributed by atoms with van der Waals surface area (Å²) in [6, 6.07) is 3.55. The lowest BCUT2D eigenvalue weighted by atomic mass is 10.0. The molecule has 0 saturated heterocycles. The molecule has 21 heavy (non-hydrogen) atoms. The van der Waals surface area contributed by atoms with Gasteiger partial charge in [-0.05, 0) is 37.5 Å². The summed E-state index contributed by atoms with van der Waals surface area (Å²) in [6.45, 7) is 3.99. The number of carbonyl (C=O) groups excluding carboxylic acids is 1. The third kappa shape index (κ3) is 4.11. The number of esters is 1. The Balaban J connectivity index is 2.19. The molecule has 0 saturated carbocycles. The minimum absolute atomic E-state index is 0.326. The van der Waals surface area contributed by atoms with Gasteiger partial charge in [0.2, 0.25) is 0 Å². The van der Waals surface area contributed by atoms with Crippen LogP contribution in [0, 0.1) is 0 Å². The van der Waals surface area contributed by atoms with E-state index in [0.717, 1.165) is 30.6 Å². The average molecular weight is 294 g/mol. The molecule has 116 valence electrons. The Morgan fingerprint density at radius 1 is 1.33 bits per heavy atom. The third-order valence-corrected chi connectivity index (χ3v) is 3.23. The van der Waals surface area contributed by atoms with Crippen LogP contribution >= 0.6 is 0 Å². The van der Waals surface area contributed by atoms with Crippen molar-refractivity contribution in [2.24, 2.45) is 0 Å². The Morgan fingerprint density at radius 3 is 2.95 bits per heavy atom. The first-order valence-electron chi connectivity index (χ1n) is 7.34. The van der Waals surface area contributed by atoms with Crippen molar-refractivity contribution in [2.75, 3.05) is 33.5 Å². The Morgan fingerprint density at radius 2 is 2.19 bits per heavy atom. The van der Waals surface area contributed by atoms with Crippen LogP contribution < -0.4 is 9.47 Å². The van der Waals surface area contributed by atoms with E-state index in [9.17, 15) is 4.79 Å². The molecular formula is C16H22O5. The minimum atomic E-state index is -0.326. The molecule has 2 rings (SSSR count). The highest BCUT2D eigenvalue weighted by atomic mass is 16.5. The second-order valence-corrected chi connectivity index (χ2v) is 4.83. The number of rotatable bonds is 7. The number of carbonyl (C=O) groups is 1. The van der Waals surface area contributed by atoms with Gasteiger partial charge in [-0.15, -0.1) is 0 Å². The van der Waals surface area contributed by atoms with Crippen molar-refractivity contribution >= 4 is 5.97 Å². The van der Waals surface area contributed by atoms with E-state index in [4.69, 9.17) is 18.9 Å². The molecule has 0 fully saturated rings. The van der Waals surface area contributed by atoms with Gasteiger partial charge in [0.05, 0.1) is 25.4 Å². The molecule has 0 bridgehead atoms. The van der Waals surface area contributed by atoms with Crippen molar-refractivity contribution in [3.05, 3.63) is 23.3 Å². The fraction of sp³-hybridized carbons (Fsp3) is 0.562. The van der Waals surface area contributed by atoms with E-state index in [1.165, 1.54) is 0 Å². The fourth-order valence-corrected chi connectivity index (χ4v) is 2.27. The lowest BCUT2D eigenvalue weighted by Crippen LogP contribution is -2.13. The predicted molar refractivity (Wildman–Crippen MR) is 78.2 cm³/mol. The summed E-state index contributed by atoms with van der Waals surface area (Å²) >= 11 is 0. The quantitative estimate of drug-likeness (QED) is 0.571. The molecule has 5 heteroatoms. The number of hydrogen-bond acceptors (Lipinski definition) is 5. The molecule has 1 aromatic carbocycles. The maximum atomic E-state index is 11.9. The normalized spacial score (nSPS) is 13.2. The van der Waals surface area contributed by atoms with Gasteiger partial charge in [-0.25, -0.2) is 4.79 Å². The third-order valence-electron chi connectivity index (χ3n) is 3.23. The fourth-order valence-electron chi connectivity index (χ4n) is 2.27. The molecule has 0 N–H and O–H groups in total. The van der Waals surface area contributed by atoms with Gasteiger partial charge in [0.1, 0.15) is 0 Å². The van der Waals surface area contributed by atoms with E-state index >= 15 is 0 Å². The van der Waals surface area contributed by atoms with Gasteiger partial charge >= 0.3 is 5.97 Å². The topological polar surface area (TPSA) is 54.0 Å². The lowest BCUT2D eigenvalue weighted by molar-refractivity contribution is 0.0525. The van der Waals surface area contributed by atoms with Gasteiger partial charge in [0.15, 0.2) is 11.5 Å². The molecule has 1 aromatic rings. The monoisotopic (exact) mass is 294 g/mol. The van der Waals surface area contributed by atoms with Gasteiger partial charge < -0.3 is 18.9 Å². The van der Waals surface area contributed by atoms with E-state index < -0.39 is 0 Å². The summed E-state index contributed by atoms with van der Waals surface area (Å²) in [5.74, 6) is 1.05. The predicted octanol–water partition coefficient (Wildman–Crippen LogP) is 2.60. The van der Waals surface area contributed by atoms with E-state index in [1.807, 2.05) is 6.07 Å². The van der Waals surface area contributed by atoms with E-state index in [0.29, 0.717) is 37.7 Å². The van der Waals surface area contributed by atoms with Gasteiger partial charge in [-0.3, -0.25) is 0 Å². The van der Waals surface area contributed by atoms with Crippen molar-refractivity contribution in [1.29, 1.82) is 0 Å². The average Bonchev–Trinajstić information content (AvgIpc) is 2.51. The minimum Gasteiger partial charge on any atom is -0.490 e. The zero-order valence-electron chi connectivity index (χ0n) is 12.6. The van der Waals surface area contributed by atoms with Crippen LogP contribution in [0.25, 0.3) is 0 Å². The highest BCUT2D eigenvalue weighted by Gasteiger charge is 2.20. The van der Waals surface area contributed by atoms with Crippen LogP contribution in [0.15, 0.2) is 12.1 Å². The Bertz CT molecular complexity index is 484. The van der Waals surface area contributed by atoms with Crippen LogP contribution in [-0.4, -0.2) is 39.5 Å². The number of hydrogen-bond donors (Lipinski definition) is 0. The molecule has 1 aliphatic heterocycles. The Labute approximate surface area is 125 Å². The molecular weight excluding hydrogens is 272 g/mol. The highest BCUT2D eigenvalue weighted by Crippen LogP contribution is 2.36. The number of fused-ring (bicyclic) bond motifs is 1. The first-order chi connectivity index (χ1) is 10.3. The summed E-state index contributed by atoms with van der Waals surface area (Å²) in [7, 11) is 1.66. The Hall–Kier alpha value is -1.75. The van der Waals surface area contributed by atoms with Crippen LogP contribution in [0.1, 0.15) is 35.7 Å². The van der Waals surface area contributed by atoms with Crippen molar-refractivity contribution in [2.45, 2.75) is 26.2 Å². The molecule has 1 aliphatic rings. The summed E-state index contributed by atoms with van der Waals surface area (Å²) in [4.78, 5) is 11.9. The van der Waals surface area contributed by atoms with E-state index in [1.54, 1.807) is 20.1 Å². The zero-order valence-corrected chi connectivity index (χ0v) is 12.6. The summed E-state index contributed by atoms with van der Waals surface area (Å²) in [5, 5.41) is 0. The maximum Gasteiger partial charge on any atom is 0.338 e. The first-order valence-corrected chi connectivity index (χ1v) is 7.34. The molecule has 0 amide bonds. The van der Waals surface area contributed by atoms with Crippen molar-refractivity contribution in [3.8, 4) is 11.5 Å². The second kappa shape index (κ2) is 7.88. The lowest BCUT2D eigenvalue weighted by Gasteiger charge is -2.21. The molecule has 0 atom stereocenters. The number of ether oxygens (including phenoxy) is 4. The number of methoxy groups -OCH3 is 1. The van der Waals surface area contributed by atoms with Gasteiger partial charge in [-0.1, -0.05) is 0 Å². The standard InChI is InChI=1S/C16H22O5/c1-3-19-16(17)13-10-12-6-4-8-21-15(12)14(11-13)20-9-5-7-18-2/h10-11H,3-9H2,1-2H3. The molecule has 1 heterocycles. The number of benzene rings is 1. The molecule has 0 radical (unpaired) electrons. The summed E-state index contributed by atoms with van der Waals surface area (Å²) < 4.78 is 21.5. The molecule has 0 aliphatic carbocycles. The van der Waals surface area contributed by atoms with Crippen molar-refractivity contribution < 1.29 is 23.7 Å². The largest absolute Gasteiger partial charge is 0.490 e. The maximum absolute atomic E-state index is 11.9.